The van der Waals surface area contributed by atoms with Gasteiger partial charge < -0.3 is 0 Å². The summed E-state index contributed by atoms with van der Waals surface area (Å²) < 4.78 is 0. The zero-order valence-electron chi connectivity index (χ0n) is 6.20. The third-order valence-corrected chi connectivity index (χ3v) is 1.57. The predicted molar refractivity (Wildman–Crippen MR) is 53.6 cm³/mol. The molecule has 1 aromatic rings. The van der Waals surface area contributed by atoms with Crippen molar-refractivity contribution in [3.05, 3.63) is 54.0 Å². The van der Waals surface area contributed by atoms with Crippen LogP contribution in [0.2, 0.25) is 0 Å². The maximum Gasteiger partial charge on any atom is -0.0190 e. The Kier molecular flexibility index (Phi) is 2.99. The van der Waals surface area contributed by atoms with Crippen LogP contribution in [0.25, 0.3) is 5.57 Å². The van der Waals surface area contributed by atoms with Crippen LogP contribution >= 0.6 is 12.6 Å². The van der Waals surface area contributed by atoms with Gasteiger partial charge >= 0.3 is 0 Å². The lowest BCUT2D eigenvalue weighted by Gasteiger charge is -1.97. The predicted octanol–water partition coefficient (Wildman–Crippen LogP) is 3.14. The smallest absolute Gasteiger partial charge is 0.0190 e. The van der Waals surface area contributed by atoms with Crippen LogP contribution in [0.3, 0.4) is 0 Å². The lowest BCUT2D eigenvalue weighted by Crippen LogP contribution is -1.75. The van der Waals surface area contributed by atoms with Crippen LogP contribution in [0.1, 0.15) is 5.56 Å². The molecule has 1 heteroatoms. The molecule has 56 valence electrons. The maximum atomic E-state index is 3.97. The highest BCUT2D eigenvalue weighted by molar-refractivity contribution is 7.83. The Balaban J connectivity index is 2.86. The molecule has 0 aromatic heterocycles. The van der Waals surface area contributed by atoms with Crippen molar-refractivity contribution >= 4 is 18.2 Å². The van der Waals surface area contributed by atoms with Gasteiger partial charge in [0, 0.05) is 0 Å². The third-order valence-electron chi connectivity index (χ3n) is 1.42. The summed E-state index contributed by atoms with van der Waals surface area (Å²) in [4.78, 5) is 0. The zero-order valence-corrected chi connectivity index (χ0v) is 7.09. The van der Waals surface area contributed by atoms with Crippen molar-refractivity contribution in [2.45, 2.75) is 0 Å². The van der Waals surface area contributed by atoms with Gasteiger partial charge in [-0.3, -0.25) is 0 Å². The van der Waals surface area contributed by atoms with E-state index in [0.717, 1.165) is 11.1 Å². The van der Waals surface area contributed by atoms with Crippen LogP contribution in [0.5, 0.6) is 0 Å². The minimum atomic E-state index is 0.987. The molecule has 0 nitrogen and oxygen atoms in total. The number of rotatable bonds is 2. The van der Waals surface area contributed by atoms with E-state index < -0.39 is 0 Å². The summed E-state index contributed by atoms with van der Waals surface area (Å²) in [6.07, 6.45) is 1.87. The van der Waals surface area contributed by atoms with Gasteiger partial charge in [-0.1, -0.05) is 36.9 Å². The van der Waals surface area contributed by atoms with Crippen LogP contribution in [-0.4, -0.2) is 0 Å². The molecule has 0 heterocycles. The highest BCUT2D eigenvalue weighted by Crippen LogP contribution is 2.12. The topological polar surface area (TPSA) is 0 Å². The summed E-state index contributed by atoms with van der Waals surface area (Å²) in [6, 6.07) is 10.0. The summed E-state index contributed by atoms with van der Waals surface area (Å²) in [5.41, 5.74) is 2.12. The molecule has 0 spiro atoms. The minimum absolute atomic E-state index is 0.987. The number of hydrogen-bond acceptors (Lipinski definition) is 1. The molecular weight excluding hydrogens is 152 g/mol. The molecule has 0 unspecified atom stereocenters. The monoisotopic (exact) mass is 162 g/mol. The van der Waals surface area contributed by atoms with E-state index in [1.807, 2.05) is 36.4 Å². The van der Waals surface area contributed by atoms with Gasteiger partial charge in [0.25, 0.3) is 0 Å². The fourth-order valence-electron chi connectivity index (χ4n) is 0.838. The van der Waals surface area contributed by atoms with Crippen LogP contribution in [0, 0.1) is 0 Å². The quantitative estimate of drug-likeness (QED) is 0.501. The first-order chi connectivity index (χ1) is 5.34. The average molecular weight is 162 g/mol. The van der Waals surface area contributed by atoms with E-state index in [1.54, 1.807) is 5.41 Å². The highest BCUT2D eigenvalue weighted by Gasteiger charge is 1.89. The fraction of sp³-hybridized carbons (Fsp3) is 0. The largest absolute Gasteiger partial charge is 0.151 e. The molecule has 0 atom stereocenters. The third kappa shape index (κ3) is 2.28. The van der Waals surface area contributed by atoms with Crippen molar-refractivity contribution < 1.29 is 0 Å². The molecule has 1 rings (SSSR count). The van der Waals surface area contributed by atoms with Crippen molar-refractivity contribution in [3.63, 3.8) is 0 Å². The molecular formula is C10H10S. The molecule has 0 N–H and O–H groups in total. The first kappa shape index (κ1) is 8.15. The Bertz CT molecular complexity index is 259. The van der Waals surface area contributed by atoms with E-state index in [1.165, 1.54) is 0 Å². The Morgan fingerprint density at radius 3 is 2.45 bits per heavy atom. The molecule has 0 radical (unpaired) electrons. The summed E-state index contributed by atoms with van der Waals surface area (Å²) in [7, 11) is 0. The van der Waals surface area contributed by atoms with Gasteiger partial charge in [0.15, 0.2) is 0 Å². The number of hydrogen-bond donors (Lipinski definition) is 1. The van der Waals surface area contributed by atoms with E-state index in [0.29, 0.717) is 0 Å². The molecule has 11 heavy (non-hydrogen) atoms. The second-order valence-corrected chi connectivity index (χ2v) is 2.51. The fourth-order valence-corrected chi connectivity index (χ4v) is 1.02. The van der Waals surface area contributed by atoms with E-state index in [9.17, 15) is 0 Å². The number of allylic oxidation sites excluding steroid dienone is 2. The SMILES string of the molecule is C=C(/C=C/S)c1ccccc1. The second-order valence-electron chi connectivity index (χ2n) is 2.21. The van der Waals surface area contributed by atoms with Crippen LogP contribution in [-0.2, 0) is 0 Å². The average Bonchev–Trinajstić information content (AvgIpc) is 2.07. The van der Waals surface area contributed by atoms with E-state index in [4.69, 9.17) is 0 Å². The molecule has 0 fully saturated rings. The first-order valence-corrected chi connectivity index (χ1v) is 3.91. The first-order valence-electron chi connectivity index (χ1n) is 3.39. The van der Waals surface area contributed by atoms with Crippen molar-refractivity contribution in [2.24, 2.45) is 0 Å². The highest BCUT2D eigenvalue weighted by atomic mass is 32.1. The van der Waals surface area contributed by atoms with Crippen molar-refractivity contribution in [1.29, 1.82) is 0 Å². The molecule has 0 bridgehead atoms. The van der Waals surface area contributed by atoms with Gasteiger partial charge in [-0.15, -0.1) is 0 Å². The molecule has 0 amide bonds. The maximum absolute atomic E-state index is 3.97. The van der Waals surface area contributed by atoms with Gasteiger partial charge in [0.1, 0.15) is 0 Å². The zero-order chi connectivity index (χ0) is 8.10. The Morgan fingerprint density at radius 1 is 1.27 bits per heavy atom. The van der Waals surface area contributed by atoms with Crippen LogP contribution in [0.4, 0.5) is 0 Å². The summed E-state index contributed by atoms with van der Waals surface area (Å²) in [6.45, 7) is 3.88. The lowest BCUT2D eigenvalue weighted by atomic mass is 10.1. The Hall–Kier alpha value is -0.950. The van der Waals surface area contributed by atoms with Crippen molar-refractivity contribution in [1.82, 2.24) is 0 Å². The summed E-state index contributed by atoms with van der Waals surface area (Å²) >= 11 is 3.97. The van der Waals surface area contributed by atoms with Gasteiger partial charge in [0.05, 0.1) is 0 Å². The number of benzene rings is 1. The molecule has 0 aliphatic rings. The summed E-state index contributed by atoms with van der Waals surface area (Å²) in [5.74, 6) is 0. The van der Waals surface area contributed by atoms with Gasteiger partial charge in [-0.05, 0) is 22.6 Å². The Morgan fingerprint density at radius 2 is 1.91 bits per heavy atom. The van der Waals surface area contributed by atoms with Gasteiger partial charge in [-0.2, -0.15) is 12.6 Å². The van der Waals surface area contributed by atoms with E-state index in [2.05, 4.69) is 19.2 Å². The number of thiol groups is 1. The van der Waals surface area contributed by atoms with E-state index in [-0.39, 0.29) is 0 Å². The van der Waals surface area contributed by atoms with E-state index >= 15 is 0 Å². The standard InChI is InChI=1S/C10H10S/c1-9(7-8-11)10-5-3-2-4-6-10/h2-8,11H,1H2/b8-7+. The Labute approximate surface area is 72.7 Å². The second kappa shape index (κ2) is 4.04. The van der Waals surface area contributed by atoms with Gasteiger partial charge in [0.2, 0.25) is 0 Å². The van der Waals surface area contributed by atoms with Crippen LogP contribution in [0.15, 0.2) is 48.4 Å². The molecule has 1 aromatic carbocycles. The molecule has 0 saturated carbocycles. The lowest BCUT2D eigenvalue weighted by molar-refractivity contribution is 1.63. The minimum Gasteiger partial charge on any atom is -0.151 e. The summed E-state index contributed by atoms with van der Waals surface area (Å²) in [5, 5.41) is 1.69. The van der Waals surface area contributed by atoms with Crippen molar-refractivity contribution in [3.8, 4) is 0 Å². The van der Waals surface area contributed by atoms with Gasteiger partial charge in [-0.25, -0.2) is 0 Å². The normalized spacial score (nSPS) is 10.3. The molecule has 0 aliphatic heterocycles. The van der Waals surface area contributed by atoms with Crippen LogP contribution < -0.4 is 0 Å². The molecule has 0 saturated heterocycles. The molecule has 0 aliphatic carbocycles. The van der Waals surface area contributed by atoms with Crippen molar-refractivity contribution in [2.75, 3.05) is 0 Å².